The summed E-state index contributed by atoms with van der Waals surface area (Å²) in [4.78, 5) is 41.0. The maximum absolute atomic E-state index is 13.5. The molecule has 0 radical (unpaired) electrons. The van der Waals surface area contributed by atoms with Crippen LogP contribution in [-0.2, 0) is 19.1 Å². The monoisotopic (exact) mass is 403 g/mol. The van der Waals surface area contributed by atoms with Gasteiger partial charge in [0.05, 0.1) is 24.1 Å². The van der Waals surface area contributed by atoms with Gasteiger partial charge in [-0.2, -0.15) is 0 Å². The molecule has 3 heterocycles. The van der Waals surface area contributed by atoms with Crippen molar-refractivity contribution in [2.24, 2.45) is 0 Å². The number of rotatable bonds is 2. The molecule has 1 unspecified atom stereocenters. The molecule has 1 amide bonds. The van der Waals surface area contributed by atoms with Gasteiger partial charge in [-0.25, -0.2) is 4.79 Å². The summed E-state index contributed by atoms with van der Waals surface area (Å²) in [5.74, 6) is -2.93. The average molecular weight is 403 g/mol. The number of carbonyl (C=O) groups excluding carboxylic acids is 3. The molecule has 5 rings (SSSR count). The van der Waals surface area contributed by atoms with Gasteiger partial charge in [0.15, 0.2) is 5.75 Å². The molecule has 0 aromatic heterocycles. The quantitative estimate of drug-likeness (QED) is 0.273. The first-order valence-electron chi connectivity index (χ1n) is 9.57. The molecule has 7 nitrogen and oxygen atoms in total. The molecule has 30 heavy (non-hydrogen) atoms. The van der Waals surface area contributed by atoms with E-state index in [-0.39, 0.29) is 17.0 Å². The summed E-state index contributed by atoms with van der Waals surface area (Å²) in [6, 6.07) is 14.9. The highest BCUT2D eigenvalue weighted by atomic mass is 16.5. The maximum Gasteiger partial charge on any atom is 0.347 e. The van der Waals surface area contributed by atoms with Crippen LogP contribution in [0.4, 0.5) is 5.69 Å². The Morgan fingerprint density at radius 1 is 1.00 bits per heavy atom. The smallest absolute Gasteiger partial charge is 0.347 e. The SMILES string of the molecule is O=C1C(=O)N2c3ccccc3OC(=O)C2(C2=COCCC2)/C1=C(\O)c1ccccc1. The molecule has 0 aliphatic carbocycles. The highest BCUT2D eigenvalue weighted by Gasteiger charge is 2.67. The van der Waals surface area contributed by atoms with E-state index in [1.807, 2.05) is 0 Å². The third-order valence-electron chi connectivity index (χ3n) is 5.61. The van der Waals surface area contributed by atoms with Crippen molar-refractivity contribution in [2.45, 2.75) is 18.4 Å². The second kappa shape index (κ2) is 6.59. The molecule has 0 spiro atoms. The van der Waals surface area contributed by atoms with E-state index >= 15 is 0 Å². The molecule has 7 heteroatoms. The summed E-state index contributed by atoms with van der Waals surface area (Å²) in [6.45, 7) is 0.455. The number of benzene rings is 2. The minimum Gasteiger partial charge on any atom is -0.507 e. The zero-order chi connectivity index (χ0) is 20.9. The Kier molecular flexibility index (Phi) is 3.99. The third-order valence-corrected chi connectivity index (χ3v) is 5.61. The number of hydrogen-bond donors (Lipinski definition) is 1. The van der Waals surface area contributed by atoms with Gasteiger partial charge in [-0.15, -0.1) is 0 Å². The van der Waals surface area contributed by atoms with Crippen LogP contribution in [0.2, 0.25) is 0 Å². The van der Waals surface area contributed by atoms with Crippen LogP contribution in [0, 0.1) is 0 Å². The molecule has 1 fully saturated rings. The minimum absolute atomic E-state index is 0.178. The van der Waals surface area contributed by atoms with Crippen molar-refractivity contribution in [3.05, 3.63) is 77.6 Å². The second-order valence-electron chi connectivity index (χ2n) is 7.24. The average Bonchev–Trinajstić information content (AvgIpc) is 3.03. The Morgan fingerprint density at radius 3 is 2.47 bits per heavy atom. The largest absolute Gasteiger partial charge is 0.507 e. The number of para-hydroxylation sites is 2. The van der Waals surface area contributed by atoms with E-state index in [2.05, 4.69) is 0 Å². The Hall–Kier alpha value is -3.87. The van der Waals surface area contributed by atoms with Gasteiger partial charge in [0, 0.05) is 11.1 Å². The van der Waals surface area contributed by atoms with Crippen LogP contribution in [-0.4, -0.2) is 34.9 Å². The van der Waals surface area contributed by atoms with Crippen LogP contribution in [0.1, 0.15) is 18.4 Å². The van der Waals surface area contributed by atoms with Crippen LogP contribution in [0.15, 0.2) is 72.0 Å². The number of amides is 1. The summed E-state index contributed by atoms with van der Waals surface area (Å²) in [5.41, 5.74) is -1.22. The van der Waals surface area contributed by atoms with Gasteiger partial charge in [-0.05, 0) is 25.0 Å². The van der Waals surface area contributed by atoms with Gasteiger partial charge < -0.3 is 14.6 Å². The Labute approximate surface area is 171 Å². The van der Waals surface area contributed by atoms with Gasteiger partial charge in [0.2, 0.25) is 5.54 Å². The van der Waals surface area contributed by atoms with E-state index in [4.69, 9.17) is 9.47 Å². The van der Waals surface area contributed by atoms with Crippen molar-refractivity contribution < 1.29 is 29.0 Å². The first-order valence-corrected chi connectivity index (χ1v) is 9.57. The fourth-order valence-electron chi connectivity index (χ4n) is 4.31. The fourth-order valence-corrected chi connectivity index (χ4v) is 4.31. The number of carbonyl (C=O) groups is 3. The second-order valence-corrected chi connectivity index (χ2v) is 7.24. The van der Waals surface area contributed by atoms with Gasteiger partial charge in [0.1, 0.15) is 5.76 Å². The first kappa shape index (κ1) is 18.2. The number of aliphatic hydroxyl groups is 1. The van der Waals surface area contributed by atoms with E-state index in [0.29, 0.717) is 30.6 Å². The molecule has 1 N–H and O–H groups in total. The molecule has 1 atom stereocenters. The summed E-state index contributed by atoms with van der Waals surface area (Å²) in [6.07, 6.45) is 2.40. The number of ether oxygens (including phenoxy) is 2. The summed E-state index contributed by atoms with van der Waals surface area (Å²) in [5, 5.41) is 11.1. The number of esters is 1. The number of nitrogens with zero attached hydrogens (tertiary/aromatic N) is 1. The fraction of sp³-hybridized carbons (Fsp3) is 0.174. The van der Waals surface area contributed by atoms with Crippen LogP contribution in [0.5, 0.6) is 5.75 Å². The van der Waals surface area contributed by atoms with Gasteiger partial charge in [0.25, 0.3) is 5.78 Å². The van der Waals surface area contributed by atoms with Crippen LogP contribution >= 0.6 is 0 Å². The summed E-state index contributed by atoms with van der Waals surface area (Å²) < 4.78 is 11.0. The number of aliphatic hydroxyl groups excluding tert-OH is 1. The minimum atomic E-state index is -1.91. The highest BCUT2D eigenvalue weighted by molar-refractivity contribution is 6.55. The number of ketones is 1. The van der Waals surface area contributed by atoms with Crippen molar-refractivity contribution >= 4 is 29.1 Å². The van der Waals surface area contributed by atoms with E-state index < -0.39 is 29.0 Å². The standard InChI is InChI=1S/C23H17NO6/c25-19(14-7-2-1-3-8-14)18-20(26)21(27)24-16-10-4-5-11-17(16)30-22(28)23(18,24)15-9-6-12-29-13-15/h1-5,7-8,10-11,13,25H,6,9,12H2/b19-18-. The molecular formula is C23H17NO6. The molecule has 0 bridgehead atoms. The van der Waals surface area contributed by atoms with Crippen LogP contribution in [0.3, 0.4) is 0 Å². The molecule has 3 aliphatic rings. The molecule has 1 saturated heterocycles. The van der Waals surface area contributed by atoms with Crippen molar-refractivity contribution in [1.29, 1.82) is 0 Å². The van der Waals surface area contributed by atoms with E-state index in [9.17, 15) is 19.5 Å². The maximum atomic E-state index is 13.5. The van der Waals surface area contributed by atoms with E-state index in [1.165, 1.54) is 6.26 Å². The molecular weight excluding hydrogens is 386 g/mol. The van der Waals surface area contributed by atoms with Crippen molar-refractivity contribution in [1.82, 2.24) is 0 Å². The molecule has 0 saturated carbocycles. The lowest BCUT2D eigenvalue weighted by Gasteiger charge is -2.42. The normalized spacial score (nSPS) is 24.5. The predicted octanol–water partition coefficient (Wildman–Crippen LogP) is 2.92. The molecule has 3 aliphatic heterocycles. The Balaban J connectivity index is 1.87. The number of hydrogen-bond acceptors (Lipinski definition) is 6. The zero-order valence-corrected chi connectivity index (χ0v) is 15.8. The highest BCUT2D eigenvalue weighted by Crippen LogP contribution is 2.52. The summed E-state index contributed by atoms with van der Waals surface area (Å²) in [7, 11) is 0. The van der Waals surface area contributed by atoms with Crippen molar-refractivity contribution in [2.75, 3.05) is 11.5 Å². The van der Waals surface area contributed by atoms with Gasteiger partial charge in [-0.3, -0.25) is 14.5 Å². The van der Waals surface area contributed by atoms with E-state index in [1.54, 1.807) is 54.6 Å². The topological polar surface area (TPSA) is 93.1 Å². The lowest BCUT2D eigenvalue weighted by Crippen LogP contribution is -2.59. The predicted molar refractivity (Wildman–Crippen MR) is 107 cm³/mol. The van der Waals surface area contributed by atoms with Crippen LogP contribution < -0.4 is 9.64 Å². The zero-order valence-electron chi connectivity index (χ0n) is 15.8. The third kappa shape index (κ3) is 2.29. The lowest BCUT2D eigenvalue weighted by molar-refractivity contribution is -0.139. The number of anilines is 1. The molecule has 150 valence electrons. The van der Waals surface area contributed by atoms with Gasteiger partial charge in [-0.1, -0.05) is 42.5 Å². The molecule has 2 aromatic carbocycles. The molecule has 2 aromatic rings. The van der Waals surface area contributed by atoms with Crippen molar-refractivity contribution in [3.8, 4) is 5.75 Å². The van der Waals surface area contributed by atoms with Crippen LogP contribution in [0.25, 0.3) is 5.76 Å². The lowest BCUT2D eigenvalue weighted by atomic mass is 9.78. The van der Waals surface area contributed by atoms with Crippen molar-refractivity contribution in [3.63, 3.8) is 0 Å². The van der Waals surface area contributed by atoms with Gasteiger partial charge >= 0.3 is 11.9 Å². The Bertz CT molecular complexity index is 1150. The summed E-state index contributed by atoms with van der Waals surface area (Å²) >= 11 is 0. The number of Topliss-reactive ketones (excluding diaryl/α,β-unsaturated/α-hetero) is 1. The number of fused-ring (bicyclic) bond motifs is 3. The van der Waals surface area contributed by atoms with E-state index in [0.717, 1.165) is 4.90 Å². The first-order chi connectivity index (χ1) is 14.6. The Morgan fingerprint density at radius 2 is 1.73 bits per heavy atom.